The van der Waals surface area contributed by atoms with Crippen LogP contribution < -0.4 is 16.0 Å². The lowest BCUT2D eigenvalue weighted by Gasteiger charge is -2.07. The summed E-state index contributed by atoms with van der Waals surface area (Å²) < 4.78 is 0. The van der Waals surface area contributed by atoms with Crippen LogP contribution in [0.2, 0.25) is 0 Å². The number of hydrogen-bond donors (Lipinski definition) is 4. The first kappa shape index (κ1) is 15.6. The third kappa shape index (κ3) is 5.10. The van der Waals surface area contributed by atoms with Gasteiger partial charge in [-0.15, -0.1) is 0 Å². The molecule has 0 saturated carbocycles. The minimum absolute atomic E-state index is 0.0856. The number of carboxylic acids is 1. The lowest BCUT2D eigenvalue weighted by atomic mass is 10.1. The lowest BCUT2D eigenvalue weighted by molar-refractivity contribution is -0.133. The van der Waals surface area contributed by atoms with Crippen molar-refractivity contribution in [2.24, 2.45) is 0 Å². The highest BCUT2D eigenvalue weighted by molar-refractivity contribution is 6.07. The number of urea groups is 1. The molecule has 4 N–H and O–H groups in total. The molecule has 100 valence electrons. The number of carbonyl (C=O) groups excluding carboxylic acids is 3. The molecule has 0 aliphatic rings. The molecule has 0 unspecified atom stereocenters. The van der Waals surface area contributed by atoms with E-state index in [1.54, 1.807) is 0 Å². The van der Waals surface area contributed by atoms with Gasteiger partial charge in [-0.1, -0.05) is 0 Å². The highest BCUT2D eigenvalue weighted by atomic mass is 16.4. The molecule has 0 aromatic heterocycles. The smallest absolute Gasteiger partial charge is 0.331 e. The molecule has 0 spiro atoms. The summed E-state index contributed by atoms with van der Waals surface area (Å²) in [5.74, 6) is -2.50. The predicted molar refractivity (Wildman–Crippen MR) is 61.6 cm³/mol. The van der Waals surface area contributed by atoms with Crippen molar-refractivity contribution in [1.82, 2.24) is 16.0 Å². The highest BCUT2D eigenvalue weighted by Crippen LogP contribution is 2.02. The van der Waals surface area contributed by atoms with E-state index in [4.69, 9.17) is 5.11 Å². The summed E-state index contributed by atoms with van der Waals surface area (Å²) in [4.78, 5) is 44.0. The molecule has 4 amide bonds. The molecule has 0 aliphatic heterocycles. The van der Waals surface area contributed by atoms with Crippen LogP contribution in [0, 0.1) is 0 Å². The van der Waals surface area contributed by atoms with Crippen molar-refractivity contribution in [2.75, 3.05) is 13.6 Å². The van der Waals surface area contributed by atoms with Gasteiger partial charge < -0.3 is 15.7 Å². The van der Waals surface area contributed by atoms with Crippen LogP contribution in [0.1, 0.15) is 13.8 Å². The van der Waals surface area contributed by atoms with E-state index in [1.807, 2.05) is 5.32 Å². The number of carboxylic acid groups (broad SMARTS) is 1. The van der Waals surface area contributed by atoms with E-state index in [-0.39, 0.29) is 17.7 Å². The largest absolute Gasteiger partial charge is 0.478 e. The zero-order valence-corrected chi connectivity index (χ0v) is 10.3. The number of aliphatic carboxylic acids is 1. The van der Waals surface area contributed by atoms with Gasteiger partial charge in [-0.05, 0) is 13.8 Å². The zero-order valence-electron chi connectivity index (χ0n) is 10.3. The van der Waals surface area contributed by atoms with E-state index in [0.717, 1.165) is 0 Å². The first-order valence-corrected chi connectivity index (χ1v) is 5.00. The summed E-state index contributed by atoms with van der Waals surface area (Å²) in [5.41, 5.74) is -0.246. The molecule has 8 heteroatoms. The van der Waals surface area contributed by atoms with Crippen LogP contribution >= 0.6 is 0 Å². The van der Waals surface area contributed by atoms with Crippen molar-refractivity contribution in [3.63, 3.8) is 0 Å². The summed E-state index contributed by atoms with van der Waals surface area (Å²) in [6.07, 6.45) is 0. The van der Waals surface area contributed by atoms with Crippen molar-refractivity contribution < 1.29 is 24.3 Å². The second kappa shape index (κ2) is 7.05. The summed E-state index contributed by atoms with van der Waals surface area (Å²) in [7, 11) is 1.40. The number of hydrogen-bond acceptors (Lipinski definition) is 4. The minimum atomic E-state index is -1.24. The average Bonchev–Trinajstić information content (AvgIpc) is 2.33. The first-order chi connectivity index (χ1) is 8.29. The molecule has 0 fully saturated rings. The Morgan fingerprint density at radius 1 is 1.06 bits per heavy atom. The molecule has 0 atom stereocenters. The fourth-order valence-electron chi connectivity index (χ4n) is 0.821. The van der Waals surface area contributed by atoms with Crippen LogP contribution in [0.3, 0.4) is 0 Å². The Hall–Kier alpha value is -2.38. The Bertz CT molecular complexity index is 414. The molecule has 0 aromatic carbocycles. The fourth-order valence-corrected chi connectivity index (χ4v) is 0.821. The molecule has 0 saturated heterocycles. The topological polar surface area (TPSA) is 125 Å². The second-order valence-electron chi connectivity index (χ2n) is 3.37. The number of nitrogens with one attached hydrogen (secondary N) is 3. The molecule has 18 heavy (non-hydrogen) atoms. The maximum atomic E-state index is 11.4. The Morgan fingerprint density at radius 2 is 1.61 bits per heavy atom. The molecule has 0 heterocycles. The summed E-state index contributed by atoms with van der Waals surface area (Å²) >= 11 is 0. The molecule has 0 aromatic rings. The fraction of sp³-hybridized carbons (Fsp3) is 0.400. The standard InChI is InChI=1S/C10H15N3O5/c1-5(6(2)9(16)17)8(15)13-10(18)12-4-7(14)11-3/h4H2,1-3H3,(H,11,14)(H,16,17)(H2,12,13,15,18)/b6-5-. The van der Waals surface area contributed by atoms with Gasteiger partial charge in [0.15, 0.2) is 0 Å². The van der Waals surface area contributed by atoms with Crippen molar-refractivity contribution >= 4 is 23.8 Å². The van der Waals surface area contributed by atoms with Gasteiger partial charge in [0, 0.05) is 18.2 Å². The molecule has 8 nitrogen and oxygen atoms in total. The van der Waals surface area contributed by atoms with Gasteiger partial charge in [-0.2, -0.15) is 0 Å². The molecule has 0 rings (SSSR count). The van der Waals surface area contributed by atoms with Gasteiger partial charge in [0.25, 0.3) is 5.91 Å². The molecule has 0 radical (unpaired) electrons. The highest BCUT2D eigenvalue weighted by Gasteiger charge is 2.15. The van der Waals surface area contributed by atoms with Crippen LogP contribution in [-0.2, 0) is 14.4 Å². The SMILES string of the molecule is CNC(=O)CNC(=O)NC(=O)/C(C)=C(/C)C(=O)O. The monoisotopic (exact) mass is 257 g/mol. The zero-order chi connectivity index (χ0) is 14.3. The predicted octanol–water partition coefficient (Wildman–Crippen LogP) is -1.02. The van der Waals surface area contributed by atoms with Crippen molar-refractivity contribution in [2.45, 2.75) is 13.8 Å². The second-order valence-corrected chi connectivity index (χ2v) is 3.37. The van der Waals surface area contributed by atoms with Crippen LogP contribution in [0.25, 0.3) is 0 Å². The maximum absolute atomic E-state index is 11.4. The Kier molecular flexibility index (Phi) is 6.11. The molecular weight excluding hydrogens is 242 g/mol. The van der Waals surface area contributed by atoms with Gasteiger partial charge >= 0.3 is 12.0 Å². The van der Waals surface area contributed by atoms with E-state index in [2.05, 4.69) is 10.6 Å². The molecule has 0 aliphatic carbocycles. The third-order valence-electron chi connectivity index (χ3n) is 2.14. The molecular formula is C10H15N3O5. The Morgan fingerprint density at radius 3 is 2.06 bits per heavy atom. The Labute approximate surface area is 103 Å². The van der Waals surface area contributed by atoms with Gasteiger partial charge in [-0.25, -0.2) is 9.59 Å². The van der Waals surface area contributed by atoms with Crippen molar-refractivity contribution in [3.05, 3.63) is 11.1 Å². The summed E-state index contributed by atoms with van der Waals surface area (Å²) in [6, 6.07) is -0.874. The number of carbonyl (C=O) groups is 4. The van der Waals surface area contributed by atoms with Crippen LogP contribution in [0.15, 0.2) is 11.1 Å². The summed E-state index contributed by atoms with van der Waals surface area (Å²) in [6.45, 7) is 2.25. The van der Waals surface area contributed by atoms with E-state index in [9.17, 15) is 19.2 Å². The Balaban J connectivity index is 4.41. The normalized spacial score (nSPS) is 11.1. The maximum Gasteiger partial charge on any atom is 0.331 e. The summed E-state index contributed by atoms with van der Waals surface area (Å²) in [5, 5.41) is 15.0. The van der Waals surface area contributed by atoms with Gasteiger partial charge in [-0.3, -0.25) is 14.9 Å². The molecule has 0 bridgehead atoms. The van der Waals surface area contributed by atoms with E-state index < -0.39 is 23.8 Å². The van der Waals surface area contributed by atoms with Gasteiger partial charge in [0.1, 0.15) is 0 Å². The van der Waals surface area contributed by atoms with Crippen LogP contribution in [0.5, 0.6) is 0 Å². The van der Waals surface area contributed by atoms with E-state index in [0.29, 0.717) is 0 Å². The van der Waals surface area contributed by atoms with Crippen LogP contribution in [-0.4, -0.2) is 42.5 Å². The average molecular weight is 257 g/mol. The van der Waals surface area contributed by atoms with Crippen molar-refractivity contribution in [3.8, 4) is 0 Å². The van der Waals surface area contributed by atoms with Crippen molar-refractivity contribution in [1.29, 1.82) is 0 Å². The van der Waals surface area contributed by atoms with E-state index >= 15 is 0 Å². The minimum Gasteiger partial charge on any atom is -0.478 e. The number of amides is 4. The van der Waals surface area contributed by atoms with Gasteiger partial charge in [0.05, 0.1) is 6.54 Å². The first-order valence-electron chi connectivity index (χ1n) is 5.00. The number of imide groups is 1. The number of likely N-dealkylation sites (N-methyl/N-ethyl adjacent to an activating group) is 1. The van der Waals surface area contributed by atoms with Crippen LogP contribution in [0.4, 0.5) is 4.79 Å². The third-order valence-corrected chi connectivity index (χ3v) is 2.14. The number of rotatable bonds is 4. The quantitative estimate of drug-likeness (QED) is 0.480. The van der Waals surface area contributed by atoms with E-state index in [1.165, 1.54) is 20.9 Å². The van der Waals surface area contributed by atoms with Gasteiger partial charge in [0.2, 0.25) is 5.91 Å². The lowest BCUT2D eigenvalue weighted by Crippen LogP contribution is -2.44.